The minimum atomic E-state index is -0.210. The summed E-state index contributed by atoms with van der Waals surface area (Å²) >= 11 is 0. The van der Waals surface area contributed by atoms with Gasteiger partial charge in [0.05, 0.1) is 23.9 Å². The van der Waals surface area contributed by atoms with Crippen molar-refractivity contribution in [1.82, 2.24) is 4.98 Å². The number of hydrogen-bond donors (Lipinski definition) is 2. The van der Waals surface area contributed by atoms with Gasteiger partial charge < -0.3 is 15.4 Å². The van der Waals surface area contributed by atoms with Crippen LogP contribution in [0.4, 0.5) is 11.4 Å². The average Bonchev–Trinajstić information content (AvgIpc) is 2.83. The molecule has 6 heteroatoms. The van der Waals surface area contributed by atoms with Gasteiger partial charge in [-0.2, -0.15) is 0 Å². The standard InChI is InChI=1S/C26H21N3O3/c1-32-19-10-6-16(7-11-19)24-15-21(20-4-2-3-5-23(20)28-24)26(31)27-18-9-12-22-17(14-18)8-13-25(30)29-22/h2-7,9-12,14-15H,8,13H2,1H3,(H,27,31)(H,29,30). The van der Waals surface area contributed by atoms with Crippen LogP contribution in [0.2, 0.25) is 0 Å². The number of carbonyl (C=O) groups excluding carboxylic acids is 2. The number of nitrogens with zero attached hydrogens (tertiary/aromatic N) is 1. The number of nitrogens with one attached hydrogen (secondary N) is 2. The molecule has 6 nitrogen and oxygen atoms in total. The molecule has 2 heterocycles. The minimum Gasteiger partial charge on any atom is -0.497 e. The number of ether oxygens (including phenoxy) is 1. The van der Waals surface area contributed by atoms with E-state index < -0.39 is 0 Å². The van der Waals surface area contributed by atoms with Gasteiger partial charge in [-0.1, -0.05) is 18.2 Å². The molecule has 1 aliphatic heterocycles. The molecule has 32 heavy (non-hydrogen) atoms. The summed E-state index contributed by atoms with van der Waals surface area (Å²) in [5.74, 6) is 0.567. The summed E-state index contributed by atoms with van der Waals surface area (Å²) in [6.07, 6.45) is 1.11. The van der Waals surface area contributed by atoms with Gasteiger partial charge in [0.15, 0.2) is 0 Å². The molecule has 1 aromatic heterocycles. The largest absolute Gasteiger partial charge is 0.497 e. The first kappa shape index (κ1) is 19.8. The molecule has 0 saturated carbocycles. The van der Waals surface area contributed by atoms with E-state index in [1.54, 1.807) is 13.2 Å². The van der Waals surface area contributed by atoms with Gasteiger partial charge in [-0.3, -0.25) is 9.59 Å². The number of methoxy groups -OCH3 is 1. The number of aryl methyl sites for hydroxylation is 1. The SMILES string of the molecule is COc1ccc(-c2cc(C(=O)Nc3ccc4c(c3)CCC(=O)N4)c3ccccc3n2)cc1. The van der Waals surface area contributed by atoms with Crippen molar-refractivity contribution in [2.75, 3.05) is 17.7 Å². The van der Waals surface area contributed by atoms with Crippen molar-refractivity contribution >= 4 is 34.1 Å². The zero-order chi connectivity index (χ0) is 22.1. The topological polar surface area (TPSA) is 80.3 Å². The number of amides is 2. The summed E-state index contributed by atoms with van der Waals surface area (Å²) in [4.78, 5) is 29.6. The molecule has 0 aliphatic carbocycles. The molecule has 5 rings (SSSR count). The highest BCUT2D eigenvalue weighted by atomic mass is 16.5. The van der Waals surface area contributed by atoms with Gasteiger partial charge in [-0.25, -0.2) is 4.98 Å². The average molecular weight is 423 g/mol. The molecule has 0 saturated heterocycles. The molecule has 2 N–H and O–H groups in total. The monoisotopic (exact) mass is 423 g/mol. The number of hydrogen-bond acceptors (Lipinski definition) is 4. The molecule has 1 aliphatic rings. The third kappa shape index (κ3) is 3.78. The number of aromatic nitrogens is 1. The Balaban J connectivity index is 1.51. The third-order valence-corrected chi connectivity index (χ3v) is 5.61. The quantitative estimate of drug-likeness (QED) is 0.482. The first-order chi connectivity index (χ1) is 15.6. The molecule has 0 radical (unpaired) electrons. The number of fused-ring (bicyclic) bond motifs is 2. The number of benzene rings is 3. The Morgan fingerprint density at radius 1 is 1.00 bits per heavy atom. The van der Waals surface area contributed by atoms with E-state index >= 15 is 0 Å². The van der Waals surface area contributed by atoms with Crippen molar-refractivity contribution in [1.29, 1.82) is 0 Å². The number of rotatable bonds is 4. The van der Waals surface area contributed by atoms with Gasteiger partial charge in [-0.15, -0.1) is 0 Å². The molecular weight excluding hydrogens is 402 g/mol. The van der Waals surface area contributed by atoms with Gasteiger partial charge in [-0.05, 0) is 66.6 Å². The van der Waals surface area contributed by atoms with Crippen LogP contribution in [0.3, 0.4) is 0 Å². The summed E-state index contributed by atoms with van der Waals surface area (Å²) in [5, 5.41) is 6.66. The Hall–Kier alpha value is -4.19. The minimum absolute atomic E-state index is 0.0172. The maximum Gasteiger partial charge on any atom is 0.256 e. The predicted octanol–water partition coefficient (Wildman–Crippen LogP) is 5.05. The smallest absolute Gasteiger partial charge is 0.256 e. The van der Waals surface area contributed by atoms with Gasteiger partial charge in [0, 0.05) is 28.7 Å². The molecule has 3 aromatic carbocycles. The van der Waals surface area contributed by atoms with Crippen LogP contribution in [0.1, 0.15) is 22.3 Å². The molecule has 0 fully saturated rings. The lowest BCUT2D eigenvalue weighted by molar-refractivity contribution is -0.116. The number of anilines is 2. The fourth-order valence-corrected chi connectivity index (χ4v) is 3.93. The summed E-state index contributed by atoms with van der Waals surface area (Å²) in [5.41, 5.74) is 5.42. The maximum absolute atomic E-state index is 13.3. The van der Waals surface area contributed by atoms with Crippen LogP contribution in [-0.4, -0.2) is 23.9 Å². The molecule has 158 valence electrons. The van der Waals surface area contributed by atoms with Crippen LogP contribution in [0.25, 0.3) is 22.2 Å². The number of pyridine rings is 1. The van der Waals surface area contributed by atoms with Crippen LogP contribution in [0, 0.1) is 0 Å². The predicted molar refractivity (Wildman–Crippen MR) is 125 cm³/mol. The molecule has 0 atom stereocenters. The number of para-hydroxylation sites is 1. The zero-order valence-corrected chi connectivity index (χ0v) is 17.5. The van der Waals surface area contributed by atoms with E-state index in [2.05, 4.69) is 10.6 Å². The van der Waals surface area contributed by atoms with Crippen molar-refractivity contribution in [2.45, 2.75) is 12.8 Å². The van der Waals surface area contributed by atoms with Gasteiger partial charge in [0.2, 0.25) is 5.91 Å². The van der Waals surface area contributed by atoms with Crippen LogP contribution < -0.4 is 15.4 Å². The number of carbonyl (C=O) groups is 2. The first-order valence-corrected chi connectivity index (χ1v) is 10.4. The Morgan fingerprint density at radius 2 is 1.81 bits per heavy atom. The first-order valence-electron chi connectivity index (χ1n) is 10.4. The van der Waals surface area contributed by atoms with Crippen molar-refractivity contribution in [2.24, 2.45) is 0 Å². The Kier molecular flexibility index (Phi) is 5.03. The van der Waals surface area contributed by atoms with E-state index in [9.17, 15) is 9.59 Å². The fraction of sp³-hybridized carbons (Fsp3) is 0.115. The van der Waals surface area contributed by atoms with Gasteiger partial charge >= 0.3 is 0 Å². The lowest BCUT2D eigenvalue weighted by atomic mass is 10.0. The highest BCUT2D eigenvalue weighted by molar-refractivity contribution is 6.13. The normalized spacial score (nSPS) is 12.7. The molecule has 0 bridgehead atoms. The lowest BCUT2D eigenvalue weighted by Crippen LogP contribution is -2.19. The highest BCUT2D eigenvalue weighted by Crippen LogP contribution is 2.29. The third-order valence-electron chi connectivity index (χ3n) is 5.61. The molecule has 2 amide bonds. The summed E-state index contributed by atoms with van der Waals surface area (Å²) in [7, 11) is 1.63. The van der Waals surface area contributed by atoms with E-state index in [0.717, 1.165) is 33.5 Å². The Labute approximate surface area is 185 Å². The van der Waals surface area contributed by atoms with Crippen molar-refractivity contribution in [3.8, 4) is 17.0 Å². The summed E-state index contributed by atoms with van der Waals surface area (Å²) in [6, 6.07) is 22.6. The second-order valence-electron chi connectivity index (χ2n) is 7.67. The van der Waals surface area contributed by atoms with Crippen LogP contribution >= 0.6 is 0 Å². The molecule has 0 unspecified atom stereocenters. The maximum atomic E-state index is 13.3. The van der Waals surface area contributed by atoms with Crippen molar-refractivity contribution in [3.05, 3.63) is 83.9 Å². The second-order valence-corrected chi connectivity index (χ2v) is 7.67. The highest BCUT2D eigenvalue weighted by Gasteiger charge is 2.17. The van der Waals surface area contributed by atoms with Crippen LogP contribution in [-0.2, 0) is 11.2 Å². The molecular formula is C26H21N3O3. The van der Waals surface area contributed by atoms with E-state index in [1.807, 2.05) is 66.7 Å². The Bertz CT molecular complexity index is 1350. The van der Waals surface area contributed by atoms with Gasteiger partial charge in [0.25, 0.3) is 5.91 Å². The summed E-state index contributed by atoms with van der Waals surface area (Å²) in [6.45, 7) is 0. The van der Waals surface area contributed by atoms with Gasteiger partial charge in [0.1, 0.15) is 5.75 Å². The van der Waals surface area contributed by atoms with Crippen LogP contribution in [0.15, 0.2) is 72.8 Å². The van der Waals surface area contributed by atoms with Crippen molar-refractivity contribution < 1.29 is 14.3 Å². The van der Waals surface area contributed by atoms with E-state index in [0.29, 0.717) is 29.8 Å². The lowest BCUT2D eigenvalue weighted by Gasteiger charge is -2.18. The van der Waals surface area contributed by atoms with Crippen LogP contribution in [0.5, 0.6) is 5.75 Å². The van der Waals surface area contributed by atoms with E-state index in [-0.39, 0.29) is 11.8 Å². The Morgan fingerprint density at radius 3 is 2.62 bits per heavy atom. The fourth-order valence-electron chi connectivity index (χ4n) is 3.93. The van der Waals surface area contributed by atoms with E-state index in [4.69, 9.17) is 9.72 Å². The summed E-state index contributed by atoms with van der Waals surface area (Å²) < 4.78 is 5.24. The molecule has 4 aromatic rings. The zero-order valence-electron chi connectivity index (χ0n) is 17.5. The van der Waals surface area contributed by atoms with E-state index in [1.165, 1.54) is 0 Å². The molecule has 0 spiro atoms. The van der Waals surface area contributed by atoms with Crippen molar-refractivity contribution in [3.63, 3.8) is 0 Å². The second kappa shape index (κ2) is 8.15.